The maximum atomic E-state index is 12.2. The summed E-state index contributed by atoms with van der Waals surface area (Å²) in [5.74, 6) is 0.526. The van der Waals surface area contributed by atoms with Crippen molar-refractivity contribution in [3.05, 3.63) is 17.6 Å². The molecule has 0 aliphatic rings. The predicted octanol–water partition coefficient (Wildman–Crippen LogP) is 1.34. The Balaban J connectivity index is 2.80. The van der Waals surface area contributed by atoms with E-state index < -0.39 is 12.5 Å². The Hall–Kier alpha value is -1.30. The Morgan fingerprint density at radius 1 is 1.47 bits per heavy atom. The number of halogens is 2. The number of alkyl halides is 2. The van der Waals surface area contributed by atoms with Crippen molar-refractivity contribution < 1.29 is 13.9 Å². The summed E-state index contributed by atoms with van der Waals surface area (Å²) in [6.45, 7) is 2.76. The third-order valence-electron chi connectivity index (χ3n) is 1.80. The molecule has 0 spiro atoms. The normalized spacial score (nSPS) is 12.9. The zero-order valence-corrected chi connectivity index (χ0v) is 8.54. The number of nitrogens with zero attached hydrogens (tertiary/aromatic N) is 2. The summed E-state index contributed by atoms with van der Waals surface area (Å²) in [5, 5.41) is 11.4. The second-order valence-electron chi connectivity index (χ2n) is 3.24. The fraction of sp³-hybridized carbons (Fsp3) is 0.556. The molecule has 0 fully saturated rings. The highest BCUT2D eigenvalue weighted by Crippen LogP contribution is 2.11. The minimum atomic E-state index is -2.46. The third-order valence-corrected chi connectivity index (χ3v) is 1.80. The van der Waals surface area contributed by atoms with E-state index in [-0.39, 0.29) is 12.4 Å². The van der Waals surface area contributed by atoms with Crippen molar-refractivity contribution in [1.29, 1.82) is 0 Å². The molecule has 84 valence electrons. The van der Waals surface area contributed by atoms with Crippen LogP contribution >= 0.6 is 0 Å². The summed E-state index contributed by atoms with van der Waals surface area (Å²) in [6.07, 6.45) is -2.46. The largest absolute Gasteiger partial charge is 0.388 e. The van der Waals surface area contributed by atoms with Gasteiger partial charge in [0.1, 0.15) is 12.4 Å². The zero-order chi connectivity index (χ0) is 11.4. The van der Waals surface area contributed by atoms with Crippen LogP contribution in [0.5, 0.6) is 0 Å². The number of rotatable bonds is 4. The van der Waals surface area contributed by atoms with Crippen LogP contribution in [0.2, 0.25) is 0 Å². The van der Waals surface area contributed by atoms with Crippen LogP contribution in [0.4, 0.5) is 14.6 Å². The molecule has 1 rings (SSSR count). The summed E-state index contributed by atoms with van der Waals surface area (Å²) in [7, 11) is 0. The first kappa shape index (κ1) is 11.8. The van der Waals surface area contributed by atoms with Gasteiger partial charge in [-0.25, -0.2) is 18.7 Å². The molecule has 1 atom stereocenters. The number of nitrogens with one attached hydrogen (secondary N) is 1. The highest BCUT2D eigenvalue weighted by molar-refractivity contribution is 5.36. The molecule has 15 heavy (non-hydrogen) atoms. The van der Waals surface area contributed by atoms with E-state index in [9.17, 15) is 8.78 Å². The molecule has 0 unspecified atom stereocenters. The fourth-order valence-electron chi connectivity index (χ4n) is 1.07. The number of aromatic nitrogens is 2. The van der Waals surface area contributed by atoms with Gasteiger partial charge in [-0.2, -0.15) is 0 Å². The monoisotopic (exact) mass is 217 g/mol. The van der Waals surface area contributed by atoms with Crippen molar-refractivity contribution >= 4 is 5.82 Å². The number of hydrogen-bond acceptors (Lipinski definition) is 4. The van der Waals surface area contributed by atoms with E-state index >= 15 is 0 Å². The molecule has 1 aromatic rings. The van der Waals surface area contributed by atoms with Gasteiger partial charge < -0.3 is 10.4 Å². The maximum absolute atomic E-state index is 12.2. The SMILES string of the molecule is Cc1cc(N[C@H](C)C(F)F)nc(CO)n1. The van der Waals surface area contributed by atoms with Gasteiger partial charge in [-0.3, -0.25) is 0 Å². The van der Waals surface area contributed by atoms with Gasteiger partial charge in [-0.15, -0.1) is 0 Å². The first-order valence-corrected chi connectivity index (χ1v) is 4.53. The smallest absolute Gasteiger partial charge is 0.258 e. The molecule has 0 aliphatic carbocycles. The lowest BCUT2D eigenvalue weighted by molar-refractivity contribution is 0.130. The molecule has 0 amide bonds. The van der Waals surface area contributed by atoms with E-state index in [1.807, 2.05) is 0 Å². The highest BCUT2D eigenvalue weighted by atomic mass is 19.3. The lowest BCUT2D eigenvalue weighted by atomic mass is 10.3. The average Bonchev–Trinajstić information content (AvgIpc) is 2.16. The molecule has 1 heterocycles. The van der Waals surface area contributed by atoms with E-state index in [4.69, 9.17) is 5.11 Å². The van der Waals surface area contributed by atoms with Crippen LogP contribution < -0.4 is 5.32 Å². The number of anilines is 1. The van der Waals surface area contributed by atoms with Gasteiger partial charge in [0.15, 0.2) is 5.82 Å². The maximum Gasteiger partial charge on any atom is 0.258 e. The second-order valence-corrected chi connectivity index (χ2v) is 3.24. The van der Waals surface area contributed by atoms with Crippen LogP contribution in [0.25, 0.3) is 0 Å². The summed E-state index contributed by atoms with van der Waals surface area (Å²) < 4.78 is 24.5. The van der Waals surface area contributed by atoms with Crippen LogP contribution in [-0.4, -0.2) is 27.5 Å². The first-order valence-electron chi connectivity index (χ1n) is 4.53. The van der Waals surface area contributed by atoms with Crippen molar-refractivity contribution in [3.63, 3.8) is 0 Å². The Bertz CT molecular complexity index is 333. The summed E-state index contributed by atoms with van der Waals surface area (Å²) in [5.41, 5.74) is 0.623. The van der Waals surface area contributed by atoms with E-state index in [0.717, 1.165) is 0 Å². The minimum Gasteiger partial charge on any atom is -0.388 e. The average molecular weight is 217 g/mol. The molecular weight excluding hydrogens is 204 g/mol. The fourth-order valence-corrected chi connectivity index (χ4v) is 1.07. The van der Waals surface area contributed by atoms with Crippen molar-refractivity contribution in [2.45, 2.75) is 32.9 Å². The number of hydrogen-bond donors (Lipinski definition) is 2. The molecule has 0 radical (unpaired) electrons. The van der Waals surface area contributed by atoms with Crippen LogP contribution in [0.1, 0.15) is 18.4 Å². The van der Waals surface area contributed by atoms with Crippen LogP contribution in [0.3, 0.4) is 0 Å². The summed E-state index contributed by atoms with van der Waals surface area (Å²) in [4.78, 5) is 7.78. The molecule has 6 heteroatoms. The quantitative estimate of drug-likeness (QED) is 0.799. The Labute approximate surface area is 86.4 Å². The highest BCUT2D eigenvalue weighted by Gasteiger charge is 2.14. The first-order chi connectivity index (χ1) is 7.02. The third kappa shape index (κ3) is 3.39. The van der Waals surface area contributed by atoms with Gasteiger partial charge in [0, 0.05) is 11.8 Å². The van der Waals surface area contributed by atoms with Crippen molar-refractivity contribution in [2.75, 3.05) is 5.32 Å². The van der Waals surface area contributed by atoms with E-state index in [0.29, 0.717) is 11.5 Å². The molecule has 0 aliphatic heterocycles. The van der Waals surface area contributed by atoms with Crippen LogP contribution in [0, 0.1) is 6.92 Å². The lowest BCUT2D eigenvalue weighted by Crippen LogP contribution is -2.24. The Morgan fingerprint density at radius 3 is 2.67 bits per heavy atom. The number of aryl methyl sites for hydroxylation is 1. The van der Waals surface area contributed by atoms with Gasteiger partial charge in [-0.05, 0) is 13.8 Å². The molecular formula is C9H13F2N3O. The van der Waals surface area contributed by atoms with Crippen LogP contribution in [-0.2, 0) is 6.61 Å². The minimum absolute atomic E-state index is 0.221. The number of aliphatic hydroxyl groups excluding tert-OH is 1. The molecule has 0 bridgehead atoms. The van der Waals surface area contributed by atoms with E-state index in [1.165, 1.54) is 6.92 Å². The topological polar surface area (TPSA) is 58.0 Å². The van der Waals surface area contributed by atoms with E-state index in [1.54, 1.807) is 13.0 Å². The van der Waals surface area contributed by atoms with Crippen LogP contribution in [0.15, 0.2) is 6.07 Å². The van der Waals surface area contributed by atoms with Crippen molar-refractivity contribution in [2.24, 2.45) is 0 Å². The van der Waals surface area contributed by atoms with Crippen molar-refractivity contribution in [3.8, 4) is 0 Å². The van der Waals surface area contributed by atoms with Crippen molar-refractivity contribution in [1.82, 2.24) is 9.97 Å². The van der Waals surface area contributed by atoms with E-state index in [2.05, 4.69) is 15.3 Å². The second kappa shape index (κ2) is 4.97. The molecule has 2 N–H and O–H groups in total. The van der Waals surface area contributed by atoms with Gasteiger partial charge >= 0.3 is 0 Å². The zero-order valence-electron chi connectivity index (χ0n) is 8.54. The van der Waals surface area contributed by atoms with Gasteiger partial charge in [-0.1, -0.05) is 0 Å². The molecule has 0 saturated carbocycles. The standard InChI is InChI=1S/C9H13F2N3O/c1-5-3-7(13-6(2)9(10)11)14-8(4-15)12-5/h3,6,9,15H,4H2,1-2H3,(H,12,13,14)/t6-/m1/s1. The molecule has 0 saturated heterocycles. The summed E-state index contributed by atoms with van der Waals surface area (Å²) in [6, 6.07) is 0.573. The molecule has 1 aromatic heterocycles. The molecule has 4 nitrogen and oxygen atoms in total. The summed E-state index contributed by atoms with van der Waals surface area (Å²) >= 11 is 0. The molecule has 0 aromatic carbocycles. The predicted molar refractivity (Wildman–Crippen MR) is 51.8 cm³/mol. The lowest BCUT2D eigenvalue weighted by Gasteiger charge is -2.13. The Kier molecular flexibility index (Phi) is 3.90. The Morgan fingerprint density at radius 2 is 2.13 bits per heavy atom. The van der Waals surface area contributed by atoms with Gasteiger partial charge in [0.05, 0.1) is 6.04 Å². The number of aliphatic hydroxyl groups is 1. The van der Waals surface area contributed by atoms with Gasteiger partial charge in [0.25, 0.3) is 6.43 Å². The van der Waals surface area contributed by atoms with Gasteiger partial charge in [0.2, 0.25) is 0 Å².